The van der Waals surface area contributed by atoms with Gasteiger partial charge < -0.3 is 14.9 Å². The molecule has 1 aromatic heterocycles. The zero-order chi connectivity index (χ0) is 14.8. The van der Waals surface area contributed by atoms with Crippen LogP contribution in [0, 0.1) is 5.92 Å². The van der Waals surface area contributed by atoms with Crippen molar-refractivity contribution in [2.75, 3.05) is 6.61 Å². The molecule has 0 radical (unpaired) electrons. The molecule has 1 aromatic carbocycles. The monoisotopic (exact) mass is 287 g/mol. The highest BCUT2D eigenvalue weighted by Crippen LogP contribution is 2.39. The molecule has 3 rings (SSSR count). The Hall–Kier alpha value is -1.32. The first-order chi connectivity index (χ1) is 10.2. The van der Waals surface area contributed by atoms with E-state index in [2.05, 4.69) is 26.0 Å². The van der Waals surface area contributed by atoms with E-state index in [1.165, 1.54) is 10.9 Å². The molecule has 0 saturated heterocycles. The van der Waals surface area contributed by atoms with Gasteiger partial charge in [-0.15, -0.1) is 0 Å². The predicted octanol–water partition coefficient (Wildman–Crippen LogP) is 4.20. The number of hydrogen-bond donors (Lipinski definition) is 1. The van der Waals surface area contributed by atoms with E-state index in [4.69, 9.17) is 14.9 Å². The standard InChI is InChI=1S/C18H25NO2/c1-3-16-18(14-7-5-6-8-17(14)21-16)15(19)11-12-9-13(10-12)20-4-2/h5-8,12-13,15H,3-4,9-11,19H2,1-2H3. The van der Waals surface area contributed by atoms with Gasteiger partial charge in [0.2, 0.25) is 0 Å². The molecule has 2 N–H and O–H groups in total. The van der Waals surface area contributed by atoms with E-state index < -0.39 is 0 Å². The minimum absolute atomic E-state index is 0.0659. The maximum Gasteiger partial charge on any atom is 0.134 e. The molecule has 1 aliphatic rings. The van der Waals surface area contributed by atoms with Crippen LogP contribution >= 0.6 is 0 Å². The predicted molar refractivity (Wildman–Crippen MR) is 85.3 cm³/mol. The summed E-state index contributed by atoms with van der Waals surface area (Å²) in [7, 11) is 0. The Balaban J connectivity index is 1.74. The van der Waals surface area contributed by atoms with Crippen LogP contribution in [0.3, 0.4) is 0 Å². The molecule has 0 aliphatic heterocycles. The third kappa shape index (κ3) is 2.85. The van der Waals surface area contributed by atoms with Crippen molar-refractivity contribution in [3.63, 3.8) is 0 Å². The first-order valence-corrected chi connectivity index (χ1v) is 8.10. The molecule has 0 bridgehead atoms. The Bertz CT molecular complexity index is 598. The van der Waals surface area contributed by atoms with Crippen LogP contribution in [0.1, 0.15) is 50.5 Å². The van der Waals surface area contributed by atoms with E-state index >= 15 is 0 Å². The molecular formula is C18H25NO2. The Morgan fingerprint density at radius 3 is 2.76 bits per heavy atom. The maximum atomic E-state index is 6.51. The van der Waals surface area contributed by atoms with E-state index in [1.54, 1.807) is 0 Å². The van der Waals surface area contributed by atoms with Crippen molar-refractivity contribution in [1.29, 1.82) is 0 Å². The lowest BCUT2D eigenvalue weighted by Crippen LogP contribution is -2.33. The van der Waals surface area contributed by atoms with Crippen molar-refractivity contribution < 1.29 is 9.15 Å². The summed E-state index contributed by atoms with van der Waals surface area (Å²) in [5.41, 5.74) is 8.69. The molecule has 1 aliphatic carbocycles. The summed E-state index contributed by atoms with van der Waals surface area (Å²) in [6.07, 6.45) is 4.68. The molecule has 0 spiro atoms. The van der Waals surface area contributed by atoms with E-state index in [-0.39, 0.29) is 6.04 Å². The fraction of sp³-hybridized carbons (Fsp3) is 0.556. The zero-order valence-electron chi connectivity index (χ0n) is 13.0. The first-order valence-electron chi connectivity index (χ1n) is 8.10. The zero-order valence-corrected chi connectivity index (χ0v) is 13.0. The summed E-state index contributed by atoms with van der Waals surface area (Å²) < 4.78 is 11.6. The maximum absolute atomic E-state index is 6.51. The average Bonchev–Trinajstić information content (AvgIpc) is 2.83. The second-order valence-corrected chi connectivity index (χ2v) is 6.05. The Labute approximate surface area is 126 Å². The summed E-state index contributed by atoms with van der Waals surface area (Å²) >= 11 is 0. The van der Waals surface area contributed by atoms with Crippen LogP contribution in [0.2, 0.25) is 0 Å². The number of aryl methyl sites for hydroxylation is 1. The SMILES string of the molecule is CCOC1CC(CC(N)c2c(CC)oc3ccccc23)C1. The average molecular weight is 287 g/mol. The highest BCUT2D eigenvalue weighted by Gasteiger charge is 2.32. The minimum Gasteiger partial charge on any atom is -0.461 e. The summed E-state index contributed by atoms with van der Waals surface area (Å²) in [6, 6.07) is 8.29. The van der Waals surface area contributed by atoms with E-state index in [0.717, 1.165) is 43.6 Å². The van der Waals surface area contributed by atoms with Gasteiger partial charge in [0.25, 0.3) is 0 Å². The summed E-state index contributed by atoms with van der Waals surface area (Å²) in [6.45, 7) is 5.00. The van der Waals surface area contributed by atoms with Gasteiger partial charge in [0.05, 0.1) is 6.10 Å². The van der Waals surface area contributed by atoms with E-state index in [1.807, 2.05) is 12.1 Å². The van der Waals surface area contributed by atoms with Gasteiger partial charge in [-0.25, -0.2) is 0 Å². The van der Waals surface area contributed by atoms with E-state index in [9.17, 15) is 0 Å². The number of furan rings is 1. The van der Waals surface area contributed by atoms with Crippen LogP contribution < -0.4 is 5.73 Å². The third-order valence-corrected chi connectivity index (χ3v) is 4.58. The highest BCUT2D eigenvalue weighted by atomic mass is 16.5. The lowest BCUT2D eigenvalue weighted by atomic mass is 9.77. The fourth-order valence-electron chi connectivity index (χ4n) is 3.50. The number of hydrogen-bond acceptors (Lipinski definition) is 3. The van der Waals surface area contributed by atoms with E-state index in [0.29, 0.717) is 12.0 Å². The minimum atomic E-state index is 0.0659. The van der Waals surface area contributed by atoms with Crippen molar-refractivity contribution in [1.82, 2.24) is 0 Å². The molecule has 1 atom stereocenters. The Morgan fingerprint density at radius 2 is 2.05 bits per heavy atom. The highest BCUT2D eigenvalue weighted by molar-refractivity contribution is 5.82. The number of para-hydroxylation sites is 1. The molecule has 1 heterocycles. The smallest absolute Gasteiger partial charge is 0.134 e. The molecule has 2 aromatic rings. The Kier molecular flexibility index (Phi) is 4.32. The van der Waals surface area contributed by atoms with Gasteiger partial charge in [0.15, 0.2) is 0 Å². The Morgan fingerprint density at radius 1 is 1.29 bits per heavy atom. The van der Waals surface area contributed by atoms with Crippen molar-refractivity contribution in [3.05, 3.63) is 35.6 Å². The molecule has 1 fully saturated rings. The molecule has 0 amide bonds. The number of rotatable bonds is 6. The number of benzene rings is 1. The van der Waals surface area contributed by atoms with Gasteiger partial charge in [0.1, 0.15) is 11.3 Å². The van der Waals surface area contributed by atoms with Crippen LogP contribution in [-0.4, -0.2) is 12.7 Å². The molecule has 3 nitrogen and oxygen atoms in total. The normalized spacial score (nSPS) is 23.2. The molecule has 21 heavy (non-hydrogen) atoms. The first kappa shape index (κ1) is 14.6. The van der Waals surface area contributed by atoms with Gasteiger partial charge >= 0.3 is 0 Å². The van der Waals surface area contributed by atoms with Gasteiger partial charge in [-0.05, 0) is 38.2 Å². The van der Waals surface area contributed by atoms with Crippen LogP contribution in [0.25, 0.3) is 11.0 Å². The van der Waals surface area contributed by atoms with Crippen molar-refractivity contribution in [2.45, 2.75) is 51.7 Å². The van der Waals surface area contributed by atoms with Gasteiger partial charge in [-0.2, -0.15) is 0 Å². The largest absolute Gasteiger partial charge is 0.461 e. The van der Waals surface area contributed by atoms with Crippen molar-refractivity contribution >= 4 is 11.0 Å². The van der Waals surface area contributed by atoms with Gasteiger partial charge in [-0.3, -0.25) is 0 Å². The third-order valence-electron chi connectivity index (χ3n) is 4.58. The van der Waals surface area contributed by atoms with Crippen molar-refractivity contribution in [3.8, 4) is 0 Å². The summed E-state index contributed by atoms with van der Waals surface area (Å²) in [5, 5.41) is 1.18. The molecule has 114 valence electrons. The molecule has 1 unspecified atom stereocenters. The van der Waals surface area contributed by atoms with Gasteiger partial charge in [-0.1, -0.05) is 25.1 Å². The second-order valence-electron chi connectivity index (χ2n) is 6.05. The second kappa shape index (κ2) is 6.20. The number of ether oxygens (including phenoxy) is 1. The van der Waals surface area contributed by atoms with Crippen LogP contribution in [0.4, 0.5) is 0 Å². The quantitative estimate of drug-likeness (QED) is 0.866. The molecule has 1 saturated carbocycles. The fourth-order valence-corrected chi connectivity index (χ4v) is 3.50. The number of fused-ring (bicyclic) bond motifs is 1. The summed E-state index contributed by atoms with van der Waals surface area (Å²) in [5.74, 6) is 1.74. The molecular weight excluding hydrogens is 262 g/mol. The van der Waals surface area contributed by atoms with Crippen LogP contribution in [-0.2, 0) is 11.2 Å². The lowest BCUT2D eigenvalue weighted by Gasteiger charge is -2.36. The van der Waals surface area contributed by atoms with Crippen molar-refractivity contribution in [2.24, 2.45) is 11.7 Å². The topological polar surface area (TPSA) is 48.4 Å². The lowest BCUT2D eigenvalue weighted by molar-refractivity contribution is -0.0282. The van der Waals surface area contributed by atoms with Crippen LogP contribution in [0.15, 0.2) is 28.7 Å². The van der Waals surface area contributed by atoms with Gasteiger partial charge in [0, 0.05) is 30.0 Å². The molecule has 3 heteroatoms. The summed E-state index contributed by atoms with van der Waals surface area (Å²) in [4.78, 5) is 0. The number of nitrogens with two attached hydrogens (primary N) is 1. The van der Waals surface area contributed by atoms with Crippen LogP contribution in [0.5, 0.6) is 0 Å².